The molecule has 0 spiro atoms. The third kappa shape index (κ3) is 2.91. The molecule has 0 radical (unpaired) electrons. The summed E-state index contributed by atoms with van der Waals surface area (Å²) >= 11 is 1.34. The monoisotopic (exact) mass is 350 g/mol. The first-order valence-electron chi connectivity index (χ1n) is 7.66. The Kier molecular flexibility index (Phi) is 4.02. The molecule has 0 saturated heterocycles. The van der Waals surface area contributed by atoms with Gasteiger partial charge in [-0.25, -0.2) is 9.97 Å². The molecule has 2 aromatic carbocycles. The van der Waals surface area contributed by atoms with Crippen LogP contribution in [0.3, 0.4) is 0 Å². The minimum atomic E-state index is -0.173. The Balaban J connectivity index is 1.66. The molecule has 0 atom stereocenters. The molecule has 2 heterocycles. The molecule has 0 amide bonds. The zero-order valence-corrected chi connectivity index (χ0v) is 14.2. The van der Waals surface area contributed by atoms with Crippen LogP contribution in [0.2, 0.25) is 0 Å². The normalized spacial score (nSPS) is 11.1. The number of thioether (sulfide) groups is 1. The largest absolute Gasteiger partial charge is 0.372 e. The molecule has 7 nitrogen and oxygen atoms in total. The van der Waals surface area contributed by atoms with Gasteiger partial charge < -0.3 is 5.32 Å². The lowest BCUT2D eigenvalue weighted by Gasteiger charge is -2.08. The molecule has 0 bridgehead atoms. The number of anilines is 1. The molecule has 4 rings (SSSR count). The van der Waals surface area contributed by atoms with Gasteiger partial charge in [-0.05, 0) is 24.3 Å². The summed E-state index contributed by atoms with van der Waals surface area (Å²) in [5, 5.41) is 13.2. The number of nitrogens with one attached hydrogen (secondary N) is 1. The van der Waals surface area contributed by atoms with Gasteiger partial charge in [0.25, 0.3) is 5.56 Å². The smallest absolute Gasteiger partial charge is 0.278 e. The van der Waals surface area contributed by atoms with E-state index in [4.69, 9.17) is 0 Å². The van der Waals surface area contributed by atoms with Crippen molar-refractivity contribution in [1.82, 2.24) is 25.0 Å². The van der Waals surface area contributed by atoms with E-state index in [0.29, 0.717) is 16.1 Å². The van der Waals surface area contributed by atoms with Crippen LogP contribution in [0.1, 0.15) is 0 Å². The van der Waals surface area contributed by atoms with Crippen molar-refractivity contribution in [2.75, 3.05) is 12.4 Å². The molecule has 2 aromatic heterocycles. The Morgan fingerprint density at radius 1 is 1.00 bits per heavy atom. The van der Waals surface area contributed by atoms with Crippen molar-refractivity contribution in [3.8, 4) is 0 Å². The van der Waals surface area contributed by atoms with Gasteiger partial charge >= 0.3 is 0 Å². The molecule has 0 aliphatic carbocycles. The second-order valence-corrected chi connectivity index (χ2v) is 6.22. The minimum Gasteiger partial charge on any atom is -0.372 e. The van der Waals surface area contributed by atoms with E-state index in [2.05, 4.69) is 25.6 Å². The van der Waals surface area contributed by atoms with E-state index in [1.54, 1.807) is 12.1 Å². The van der Waals surface area contributed by atoms with Crippen molar-refractivity contribution in [3.63, 3.8) is 0 Å². The lowest BCUT2D eigenvalue weighted by Crippen LogP contribution is -2.23. The third-order valence-corrected chi connectivity index (χ3v) is 4.58. The SMILES string of the molecule is CNc1nc(SCn2nnc3ccccc3c2=O)nc2ccccc12. The lowest BCUT2D eigenvalue weighted by molar-refractivity contribution is 0.644. The Morgan fingerprint density at radius 2 is 1.72 bits per heavy atom. The maximum atomic E-state index is 12.5. The van der Waals surface area contributed by atoms with E-state index in [-0.39, 0.29) is 11.4 Å². The average molecular weight is 350 g/mol. The summed E-state index contributed by atoms with van der Waals surface area (Å²) in [6.07, 6.45) is 0. The molecule has 124 valence electrons. The molecule has 25 heavy (non-hydrogen) atoms. The van der Waals surface area contributed by atoms with Crippen LogP contribution in [-0.2, 0) is 5.88 Å². The first kappa shape index (κ1) is 15.5. The van der Waals surface area contributed by atoms with Gasteiger partial charge in [0.15, 0.2) is 5.16 Å². The van der Waals surface area contributed by atoms with Crippen LogP contribution in [0.15, 0.2) is 58.5 Å². The summed E-state index contributed by atoms with van der Waals surface area (Å²) in [4.78, 5) is 21.5. The van der Waals surface area contributed by atoms with Crippen LogP contribution in [0, 0.1) is 0 Å². The lowest BCUT2D eigenvalue weighted by atomic mass is 10.2. The number of rotatable bonds is 4. The maximum Gasteiger partial charge on any atom is 0.278 e. The van der Waals surface area contributed by atoms with Gasteiger partial charge in [0.2, 0.25) is 0 Å². The molecular formula is C17H14N6OS. The fourth-order valence-corrected chi connectivity index (χ4v) is 3.26. The topological polar surface area (TPSA) is 85.6 Å². The van der Waals surface area contributed by atoms with Gasteiger partial charge in [-0.1, -0.05) is 41.2 Å². The summed E-state index contributed by atoms with van der Waals surface area (Å²) in [5.74, 6) is 1.04. The number of para-hydroxylation sites is 1. The minimum absolute atomic E-state index is 0.173. The summed E-state index contributed by atoms with van der Waals surface area (Å²) in [6, 6.07) is 14.9. The predicted molar refractivity (Wildman–Crippen MR) is 98.7 cm³/mol. The standard InChI is InChI=1S/C17H14N6OS/c1-18-15-11-6-2-4-8-13(11)19-17(20-15)25-10-23-16(24)12-7-3-5-9-14(12)21-22-23/h2-9H,10H2,1H3,(H,18,19,20). The van der Waals surface area contributed by atoms with Crippen molar-refractivity contribution in [2.45, 2.75) is 11.0 Å². The van der Waals surface area contributed by atoms with E-state index in [0.717, 1.165) is 16.7 Å². The van der Waals surface area contributed by atoms with E-state index >= 15 is 0 Å². The molecule has 0 aliphatic rings. The summed E-state index contributed by atoms with van der Waals surface area (Å²) in [7, 11) is 1.82. The van der Waals surface area contributed by atoms with E-state index in [1.165, 1.54) is 16.4 Å². The van der Waals surface area contributed by atoms with Gasteiger partial charge in [0, 0.05) is 12.4 Å². The highest BCUT2D eigenvalue weighted by atomic mass is 32.2. The molecular weight excluding hydrogens is 336 g/mol. The number of hydrogen-bond acceptors (Lipinski definition) is 7. The zero-order chi connectivity index (χ0) is 17.2. The Bertz CT molecular complexity index is 1130. The van der Waals surface area contributed by atoms with Gasteiger partial charge in [-0.15, -0.1) is 5.10 Å². The fraction of sp³-hybridized carbons (Fsp3) is 0.118. The quantitative estimate of drug-likeness (QED) is 0.447. The van der Waals surface area contributed by atoms with Gasteiger partial charge in [-0.2, -0.15) is 4.68 Å². The summed E-state index contributed by atoms with van der Waals surface area (Å²) < 4.78 is 1.32. The second kappa shape index (κ2) is 6.48. The Hall–Kier alpha value is -3.00. The highest BCUT2D eigenvalue weighted by molar-refractivity contribution is 7.98. The van der Waals surface area contributed by atoms with Crippen molar-refractivity contribution < 1.29 is 0 Å². The summed E-state index contributed by atoms with van der Waals surface area (Å²) in [5.41, 5.74) is 1.27. The summed E-state index contributed by atoms with van der Waals surface area (Å²) in [6.45, 7) is 0. The van der Waals surface area contributed by atoms with Crippen molar-refractivity contribution in [3.05, 3.63) is 58.9 Å². The van der Waals surface area contributed by atoms with Crippen molar-refractivity contribution in [2.24, 2.45) is 0 Å². The molecule has 0 aliphatic heterocycles. The van der Waals surface area contributed by atoms with Gasteiger partial charge in [0.1, 0.15) is 11.3 Å². The average Bonchev–Trinajstić information content (AvgIpc) is 2.67. The fourth-order valence-electron chi connectivity index (χ4n) is 2.54. The first-order valence-corrected chi connectivity index (χ1v) is 8.65. The Labute approximate surface area is 147 Å². The highest BCUT2D eigenvalue weighted by Crippen LogP contribution is 2.24. The van der Waals surface area contributed by atoms with Crippen molar-refractivity contribution >= 4 is 39.4 Å². The number of aromatic nitrogens is 5. The molecule has 0 fully saturated rings. The number of fused-ring (bicyclic) bond motifs is 2. The van der Waals surface area contributed by atoms with Crippen LogP contribution in [-0.4, -0.2) is 32.0 Å². The molecule has 0 unspecified atom stereocenters. The van der Waals surface area contributed by atoms with Gasteiger partial charge in [-0.3, -0.25) is 4.79 Å². The number of benzene rings is 2. The van der Waals surface area contributed by atoms with Crippen molar-refractivity contribution in [1.29, 1.82) is 0 Å². The second-order valence-electron chi connectivity index (χ2n) is 5.31. The van der Waals surface area contributed by atoms with E-state index in [9.17, 15) is 4.79 Å². The zero-order valence-electron chi connectivity index (χ0n) is 13.4. The molecule has 0 saturated carbocycles. The maximum absolute atomic E-state index is 12.5. The van der Waals surface area contributed by atoms with Crippen LogP contribution in [0.25, 0.3) is 21.8 Å². The molecule has 8 heteroatoms. The molecule has 4 aromatic rings. The van der Waals surface area contributed by atoms with Crippen LogP contribution < -0.4 is 10.9 Å². The van der Waals surface area contributed by atoms with Gasteiger partial charge in [0.05, 0.1) is 16.8 Å². The first-order chi connectivity index (χ1) is 12.3. The van der Waals surface area contributed by atoms with E-state index < -0.39 is 0 Å². The number of hydrogen-bond donors (Lipinski definition) is 1. The van der Waals surface area contributed by atoms with E-state index in [1.807, 2.05) is 43.4 Å². The van der Waals surface area contributed by atoms with Crippen LogP contribution in [0.4, 0.5) is 5.82 Å². The highest BCUT2D eigenvalue weighted by Gasteiger charge is 2.09. The van der Waals surface area contributed by atoms with Crippen LogP contribution in [0.5, 0.6) is 0 Å². The predicted octanol–water partition coefficient (Wildman–Crippen LogP) is 2.53. The molecule has 1 N–H and O–H groups in total. The third-order valence-electron chi connectivity index (χ3n) is 3.76. The number of nitrogens with zero attached hydrogens (tertiary/aromatic N) is 5. The van der Waals surface area contributed by atoms with Crippen LogP contribution >= 0.6 is 11.8 Å². The Morgan fingerprint density at radius 3 is 2.52 bits per heavy atom.